The smallest absolute Gasteiger partial charge is 0.134 e. The van der Waals surface area contributed by atoms with Crippen molar-refractivity contribution >= 4 is 22.7 Å². The van der Waals surface area contributed by atoms with E-state index in [4.69, 9.17) is 4.42 Å². The number of nitrogens with one attached hydrogen (secondary N) is 1. The Hall–Kier alpha value is -0.930. The molecule has 1 fully saturated rings. The molecule has 2 unspecified atom stereocenters. The van der Waals surface area contributed by atoms with Gasteiger partial charge in [0, 0.05) is 5.39 Å². The van der Waals surface area contributed by atoms with Crippen LogP contribution < -0.4 is 5.32 Å². The van der Waals surface area contributed by atoms with Gasteiger partial charge >= 0.3 is 0 Å². The van der Waals surface area contributed by atoms with Crippen molar-refractivity contribution in [3.63, 3.8) is 0 Å². The zero-order valence-electron chi connectivity index (χ0n) is 10.7. The number of fused-ring (bicyclic) bond motifs is 1. The van der Waals surface area contributed by atoms with Gasteiger partial charge in [-0.3, -0.25) is 0 Å². The third-order valence-corrected chi connectivity index (χ3v) is 4.80. The van der Waals surface area contributed by atoms with Crippen molar-refractivity contribution in [1.29, 1.82) is 0 Å². The molecule has 3 rings (SSSR count). The molecule has 18 heavy (non-hydrogen) atoms. The predicted molar refractivity (Wildman–Crippen MR) is 78.1 cm³/mol. The van der Waals surface area contributed by atoms with E-state index in [0.29, 0.717) is 12.0 Å². The van der Waals surface area contributed by atoms with Gasteiger partial charge in [0.25, 0.3) is 0 Å². The van der Waals surface area contributed by atoms with Crippen LogP contribution in [0.3, 0.4) is 0 Å². The molecule has 1 saturated heterocycles. The van der Waals surface area contributed by atoms with Crippen LogP contribution >= 0.6 is 11.8 Å². The Balaban J connectivity index is 1.92. The second-order valence-corrected chi connectivity index (χ2v) is 6.00. The van der Waals surface area contributed by atoms with Crippen LogP contribution in [0.15, 0.2) is 34.7 Å². The van der Waals surface area contributed by atoms with Crippen molar-refractivity contribution in [2.45, 2.75) is 19.4 Å². The van der Waals surface area contributed by atoms with Crippen LogP contribution in [0, 0.1) is 5.92 Å². The van der Waals surface area contributed by atoms with Gasteiger partial charge in [-0.1, -0.05) is 25.1 Å². The van der Waals surface area contributed by atoms with Crippen molar-refractivity contribution in [2.24, 2.45) is 5.92 Å². The summed E-state index contributed by atoms with van der Waals surface area (Å²) < 4.78 is 6.02. The first-order valence-electron chi connectivity index (χ1n) is 6.68. The Kier molecular flexibility index (Phi) is 3.62. The average Bonchev–Trinajstić information content (AvgIpc) is 3.04. The number of furan rings is 1. The van der Waals surface area contributed by atoms with E-state index < -0.39 is 0 Å². The number of thioether (sulfide) groups is 1. The second-order valence-electron chi connectivity index (χ2n) is 4.85. The van der Waals surface area contributed by atoms with Crippen molar-refractivity contribution in [2.75, 3.05) is 18.1 Å². The maximum Gasteiger partial charge on any atom is 0.134 e. The van der Waals surface area contributed by atoms with Crippen LogP contribution in [0.5, 0.6) is 0 Å². The monoisotopic (exact) mass is 261 g/mol. The Labute approximate surface area is 112 Å². The van der Waals surface area contributed by atoms with Crippen molar-refractivity contribution < 1.29 is 4.42 Å². The summed E-state index contributed by atoms with van der Waals surface area (Å²) >= 11 is 2.06. The zero-order valence-corrected chi connectivity index (χ0v) is 11.5. The summed E-state index contributed by atoms with van der Waals surface area (Å²) in [7, 11) is 0. The van der Waals surface area contributed by atoms with Gasteiger partial charge in [-0.05, 0) is 42.5 Å². The molecular weight excluding hydrogens is 242 g/mol. The highest BCUT2D eigenvalue weighted by atomic mass is 32.2. The Morgan fingerprint density at radius 1 is 1.44 bits per heavy atom. The van der Waals surface area contributed by atoms with Crippen molar-refractivity contribution in [1.82, 2.24) is 5.32 Å². The highest BCUT2D eigenvalue weighted by molar-refractivity contribution is 7.99. The van der Waals surface area contributed by atoms with E-state index in [-0.39, 0.29) is 0 Å². The fraction of sp³-hybridized carbons (Fsp3) is 0.467. The molecule has 2 atom stereocenters. The molecule has 2 nitrogen and oxygen atoms in total. The molecule has 0 spiro atoms. The molecule has 2 aromatic rings. The lowest BCUT2D eigenvalue weighted by molar-refractivity contribution is 0.343. The summed E-state index contributed by atoms with van der Waals surface area (Å²) in [5.74, 6) is 4.34. The van der Waals surface area contributed by atoms with Crippen LogP contribution in [-0.4, -0.2) is 18.1 Å². The molecular formula is C15H19NOS. The van der Waals surface area contributed by atoms with E-state index in [1.165, 1.54) is 23.3 Å². The van der Waals surface area contributed by atoms with Crippen LogP contribution in [0.2, 0.25) is 0 Å². The highest BCUT2D eigenvalue weighted by Gasteiger charge is 2.28. The Bertz CT molecular complexity index is 483. The Morgan fingerprint density at radius 3 is 3.06 bits per heavy atom. The number of para-hydroxylation sites is 1. The summed E-state index contributed by atoms with van der Waals surface area (Å²) in [5, 5.41) is 4.80. The molecule has 1 aromatic carbocycles. The van der Waals surface area contributed by atoms with Crippen LogP contribution in [0.4, 0.5) is 0 Å². The van der Waals surface area contributed by atoms with E-state index >= 15 is 0 Å². The van der Waals surface area contributed by atoms with E-state index in [2.05, 4.69) is 42.2 Å². The minimum absolute atomic E-state index is 0.373. The summed E-state index contributed by atoms with van der Waals surface area (Å²) in [6.45, 7) is 3.15. The zero-order chi connectivity index (χ0) is 12.4. The summed E-state index contributed by atoms with van der Waals surface area (Å²) in [5.41, 5.74) is 1.00. The number of hydrogen-bond donors (Lipinski definition) is 1. The SMILES string of the molecule is CCNC(c1cc2ccccc2o1)C1CCSC1. The van der Waals surface area contributed by atoms with Gasteiger partial charge in [0.2, 0.25) is 0 Å². The minimum atomic E-state index is 0.373. The van der Waals surface area contributed by atoms with Gasteiger partial charge in [-0.25, -0.2) is 0 Å². The van der Waals surface area contributed by atoms with E-state index in [9.17, 15) is 0 Å². The first-order chi connectivity index (χ1) is 8.88. The van der Waals surface area contributed by atoms with Crippen molar-refractivity contribution in [3.05, 3.63) is 36.1 Å². The molecule has 1 aliphatic rings. The van der Waals surface area contributed by atoms with Gasteiger partial charge in [-0.15, -0.1) is 0 Å². The first kappa shape index (κ1) is 12.1. The molecule has 1 aliphatic heterocycles. The summed E-state index contributed by atoms with van der Waals surface area (Å²) in [6.07, 6.45) is 1.29. The van der Waals surface area contributed by atoms with Crippen LogP contribution in [0.1, 0.15) is 25.1 Å². The maximum atomic E-state index is 6.02. The minimum Gasteiger partial charge on any atom is -0.459 e. The Morgan fingerprint density at radius 2 is 2.33 bits per heavy atom. The predicted octanol–water partition coefficient (Wildman–Crippen LogP) is 3.84. The second kappa shape index (κ2) is 5.37. The van der Waals surface area contributed by atoms with Gasteiger partial charge in [0.1, 0.15) is 11.3 Å². The number of rotatable bonds is 4. The number of hydrogen-bond acceptors (Lipinski definition) is 3. The molecule has 0 saturated carbocycles. The molecule has 3 heteroatoms. The lowest BCUT2D eigenvalue weighted by Crippen LogP contribution is -2.27. The lowest BCUT2D eigenvalue weighted by atomic mass is 9.97. The van der Waals surface area contributed by atoms with Crippen LogP contribution in [0.25, 0.3) is 11.0 Å². The fourth-order valence-electron chi connectivity index (χ4n) is 2.69. The first-order valence-corrected chi connectivity index (χ1v) is 7.83. The lowest BCUT2D eigenvalue weighted by Gasteiger charge is -2.21. The summed E-state index contributed by atoms with van der Waals surface area (Å²) in [6, 6.07) is 10.8. The number of benzene rings is 1. The van der Waals surface area contributed by atoms with E-state index in [0.717, 1.165) is 17.9 Å². The molecule has 1 N–H and O–H groups in total. The van der Waals surface area contributed by atoms with Crippen LogP contribution in [-0.2, 0) is 0 Å². The molecule has 0 radical (unpaired) electrons. The average molecular weight is 261 g/mol. The van der Waals surface area contributed by atoms with Gasteiger partial charge in [0.05, 0.1) is 6.04 Å². The molecule has 0 aliphatic carbocycles. The molecule has 1 aromatic heterocycles. The quantitative estimate of drug-likeness (QED) is 0.905. The van der Waals surface area contributed by atoms with E-state index in [1.54, 1.807) is 0 Å². The third kappa shape index (κ3) is 2.29. The van der Waals surface area contributed by atoms with Crippen molar-refractivity contribution in [3.8, 4) is 0 Å². The topological polar surface area (TPSA) is 25.2 Å². The highest BCUT2D eigenvalue weighted by Crippen LogP contribution is 2.36. The standard InChI is InChI=1S/C15H19NOS/c1-2-16-15(12-7-8-18-10-12)14-9-11-5-3-4-6-13(11)17-14/h3-6,9,12,15-16H,2,7-8,10H2,1H3. The maximum absolute atomic E-state index is 6.02. The third-order valence-electron chi connectivity index (χ3n) is 3.61. The van der Waals surface area contributed by atoms with Gasteiger partial charge < -0.3 is 9.73 Å². The van der Waals surface area contributed by atoms with E-state index in [1.807, 2.05) is 12.1 Å². The van der Waals surface area contributed by atoms with Gasteiger partial charge in [-0.2, -0.15) is 11.8 Å². The molecule has 0 bridgehead atoms. The summed E-state index contributed by atoms with van der Waals surface area (Å²) in [4.78, 5) is 0. The van der Waals surface area contributed by atoms with Gasteiger partial charge in [0.15, 0.2) is 0 Å². The molecule has 0 amide bonds. The largest absolute Gasteiger partial charge is 0.459 e. The normalized spacial score (nSPS) is 21.5. The fourth-order valence-corrected chi connectivity index (χ4v) is 3.99. The molecule has 96 valence electrons. The molecule has 2 heterocycles.